The molecular formula is C11H17Li. The average Bonchev–Trinajstić information content (AvgIpc) is 2.50. The van der Waals surface area contributed by atoms with E-state index in [0.717, 1.165) is 6.42 Å². The van der Waals surface area contributed by atoms with Crippen LogP contribution in [0.3, 0.4) is 0 Å². The van der Waals surface area contributed by atoms with Crippen molar-refractivity contribution >= 4 is 0 Å². The Hall–Kier alpha value is -0.183. The minimum atomic E-state index is 0. The molecule has 0 aromatic rings. The summed E-state index contributed by atoms with van der Waals surface area (Å²) >= 11 is 0. The Bertz CT molecular complexity index is 192. The van der Waals surface area contributed by atoms with Crippen LogP contribution in [0.5, 0.6) is 0 Å². The molecule has 1 rings (SSSR count). The van der Waals surface area contributed by atoms with Gasteiger partial charge in [-0.25, -0.2) is 0 Å². The van der Waals surface area contributed by atoms with Crippen molar-refractivity contribution in [3.05, 3.63) is 36.0 Å². The minimum Gasteiger partial charge on any atom is -1.00 e. The largest absolute Gasteiger partial charge is 1.00 e. The third-order valence-electron chi connectivity index (χ3n) is 1.86. The Morgan fingerprint density at radius 3 is 3.00 bits per heavy atom. The van der Waals surface area contributed by atoms with Crippen molar-refractivity contribution in [1.29, 1.82) is 0 Å². The molecule has 62 valence electrons. The van der Waals surface area contributed by atoms with Crippen molar-refractivity contribution in [2.45, 2.75) is 32.6 Å². The predicted octanol–water partition coefficient (Wildman–Crippen LogP) is 0.736. The topological polar surface area (TPSA) is 0 Å². The van der Waals surface area contributed by atoms with Crippen LogP contribution in [0.2, 0.25) is 0 Å². The molecule has 0 amide bonds. The van der Waals surface area contributed by atoms with Gasteiger partial charge in [0.1, 0.15) is 0 Å². The first-order chi connectivity index (χ1) is 5.43. The first kappa shape index (κ1) is 11.8. The fourth-order valence-corrected chi connectivity index (χ4v) is 1.14. The molecule has 0 nitrogen and oxygen atoms in total. The monoisotopic (exact) mass is 156 g/mol. The molecule has 0 aromatic carbocycles. The smallest absolute Gasteiger partial charge is 1.00 e. The number of hydrogen-bond acceptors (Lipinski definition) is 0. The molecule has 0 radical (unpaired) electrons. The maximum absolute atomic E-state index is 2.28. The van der Waals surface area contributed by atoms with E-state index in [9.17, 15) is 0 Å². The fourth-order valence-electron chi connectivity index (χ4n) is 1.14. The normalized spacial score (nSPS) is 14.9. The van der Waals surface area contributed by atoms with Crippen molar-refractivity contribution in [2.24, 2.45) is 0 Å². The Morgan fingerprint density at radius 2 is 2.42 bits per heavy atom. The maximum atomic E-state index is 2.28. The molecule has 0 aromatic heterocycles. The minimum absolute atomic E-state index is 0. The van der Waals surface area contributed by atoms with Crippen LogP contribution in [-0.2, 0) is 0 Å². The van der Waals surface area contributed by atoms with E-state index in [1.807, 2.05) is 0 Å². The van der Waals surface area contributed by atoms with Crippen LogP contribution >= 0.6 is 0 Å². The molecule has 0 bridgehead atoms. The van der Waals surface area contributed by atoms with Gasteiger partial charge in [0, 0.05) is 0 Å². The van der Waals surface area contributed by atoms with Crippen molar-refractivity contribution in [2.75, 3.05) is 0 Å². The van der Waals surface area contributed by atoms with Crippen LogP contribution in [0.25, 0.3) is 0 Å². The van der Waals surface area contributed by atoms with E-state index in [1.54, 1.807) is 0 Å². The second-order valence-electron chi connectivity index (χ2n) is 2.92. The summed E-state index contributed by atoms with van der Waals surface area (Å²) in [6, 6.07) is 0. The van der Waals surface area contributed by atoms with Gasteiger partial charge in [-0.05, 0) is 18.4 Å². The van der Waals surface area contributed by atoms with Gasteiger partial charge in [0.2, 0.25) is 0 Å². The quantitative estimate of drug-likeness (QED) is 0.416. The molecule has 0 saturated heterocycles. The summed E-state index contributed by atoms with van der Waals surface area (Å²) in [4.78, 5) is 0. The fraction of sp³-hybridized carbons (Fsp3) is 0.455. The molecule has 0 saturated carbocycles. The summed E-state index contributed by atoms with van der Waals surface area (Å²) in [5.74, 6) is 0. The van der Waals surface area contributed by atoms with E-state index in [1.165, 1.54) is 24.8 Å². The Balaban J connectivity index is 0. The van der Waals surface area contributed by atoms with Gasteiger partial charge in [0.15, 0.2) is 0 Å². The Morgan fingerprint density at radius 1 is 1.58 bits per heavy atom. The third-order valence-corrected chi connectivity index (χ3v) is 1.86. The second kappa shape index (κ2) is 7.47. The first-order valence-electron chi connectivity index (χ1n) is 4.45. The summed E-state index contributed by atoms with van der Waals surface area (Å²) in [6.07, 6.45) is 16.0. The molecule has 0 fully saturated rings. The van der Waals surface area contributed by atoms with Gasteiger partial charge in [-0.15, -0.1) is 0 Å². The molecule has 1 aliphatic carbocycles. The van der Waals surface area contributed by atoms with E-state index >= 15 is 0 Å². The van der Waals surface area contributed by atoms with Gasteiger partial charge in [0.05, 0.1) is 0 Å². The number of unbranched alkanes of at least 4 members (excludes halogenated alkanes) is 2. The standard InChI is InChI=1S/C11H16.Li.H/c1-2-3-4-5-8-11-9-6-7-10-11;;/h5-9H,2-4,10H2,1H3;;/q;+1;-1. The predicted molar refractivity (Wildman–Crippen MR) is 51.6 cm³/mol. The zero-order valence-corrected chi connectivity index (χ0v) is 8.22. The Kier molecular flexibility index (Phi) is 7.35. The molecule has 0 aliphatic heterocycles. The van der Waals surface area contributed by atoms with Crippen molar-refractivity contribution in [1.82, 2.24) is 0 Å². The van der Waals surface area contributed by atoms with Gasteiger partial charge in [0.25, 0.3) is 0 Å². The van der Waals surface area contributed by atoms with Gasteiger partial charge >= 0.3 is 18.9 Å². The zero-order valence-electron chi connectivity index (χ0n) is 9.22. The molecule has 0 unspecified atom stereocenters. The number of allylic oxidation sites excluding steroid dienone is 6. The first-order valence-corrected chi connectivity index (χ1v) is 4.45. The zero-order chi connectivity index (χ0) is 7.94. The summed E-state index contributed by atoms with van der Waals surface area (Å²) in [5.41, 5.74) is 1.45. The molecule has 0 heterocycles. The van der Waals surface area contributed by atoms with Crippen molar-refractivity contribution in [3.8, 4) is 0 Å². The summed E-state index contributed by atoms with van der Waals surface area (Å²) < 4.78 is 0. The molecule has 0 spiro atoms. The number of hydrogen-bond donors (Lipinski definition) is 0. The van der Waals surface area contributed by atoms with Gasteiger partial charge in [-0.1, -0.05) is 50.1 Å². The van der Waals surface area contributed by atoms with E-state index in [4.69, 9.17) is 0 Å². The maximum Gasteiger partial charge on any atom is 1.00 e. The third kappa shape index (κ3) is 4.65. The molecule has 1 heteroatoms. The van der Waals surface area contributed by atoms with Crippen LogP contribution in [0, 0.1) is 0 Å². The molecular weight excluding hydrogens is 139 g/mol. The van der Waals surface area contributed by atoms with E-state index in [-0.39, 0.29) is 20.3 Å². The molecule has 1 aliphatic rings. The summed E-state index contributed by atoms with van der Waals surface area (Å²) in [6.45, 7) is 2.23. The van der Waals surface area contributed by atoms with Crippen LogP contribution in [0.15, 0.2) is 36.0 Å². The van der Waals surface area contributed by atoms with Gasteiger partial charge in [-0.3, -0.25) is 0 Å². The van der Waals surface area contributed by atoms with Crippen molar-refractivity contribution < 1.29 is 20.3 Å². The van der Waals surface area contributed by atoms with Gasteiger partial charge in [-0.2, -0.15) is 0 Å². The van der Waals surface area contributed by atoms with Crippen LogP contribution in [0.1, 0.15) is 34.0 Å². The SMILES string of the molecule is CCCCC=CC1=CC=CC1.[H-].[Li+]. The van der Waals surface area contributed by atoms with E-state index in [0.29, 0.717) is 0 Å². The number of rotatable bonds is 4. The van der Waals surface area contributed by atoms with E-state index in [2.05, 4.69) is 37.3 Å². The van der Waals surface area contributed by atoms with E-state index < -0.39 is 0 Å². The summed E-state index contributed by atoms with van der Waals surface area (Å²) in [5, 5.41) is 0. The van der Waals surface area contributed by atoms with Gasteiger partial charge < -0.3 is 1.43 Å². The van der Waals surface area contributed by atoms with Crippen LogP contribution in [0.4, 0.5) is 0 Å². The van der Waals surface area contributed by atoms with Crippen LogP contribution in [-0.4, -0.2) is 0 Å². The second-order valence-corrected chi connectivity index (χ2v) is 2.92. The molecule has 0 atom stereocenters. The van der Waals surface area contributed by atoms with Crippen molar-refractivity contribution in [3.63, 3.8) is 0 Å². The average molecular weight is 156 g/mol. The Labute approximate surface area is 89.1 Å². The molecule has 0 N–H and O–H groups in total. The van der Waals surface area contributed by atoms with Crippen LogP contribution < -0.4 is 18.9 Å². The summed E-state index contributed by atoms with van der Waals surface area (Å²) in [7, 11) is 0. The molecule has 12 heavy (non-hydrogen) atoms.